The van der Waals surface area contributed by atoms with E-state index in [9.17, 15) is 20.0 Å². The largest absolute Gasteiger partial charge is 0.478 e. The van der Waals surface area contributed by atoms with Crippen LogP contribution in [-0.2, 0) is 9.53 Å². The van der Waals surface area contributed by atoms with Crippen LogP contribution in [0.5, 0.6) is 0 Å². The lowest BCUT2D eigenvalue weighted by molar-refractivity contribution is -0.462. The van der Waals surface area contributed by atoms with Crippen molar-refractivity contribution in [2.45, 2.75) is 45.4 Å². The highest BCUT2D eigenvalue weighted by atomic mass is 28.3. The van der Waals surface area contributed by atoms with E-state index < -0.39 is 65.7 Å². The Hall–Kier alpha value is -4.43. The first kappa shape index (κ1) is 32.5. The molecule has 1 N–H and O–H groups in total. The van der Waals surface area contributed by atoms with Gasteiger partial charge in [0.2, 0.25) is 0 Å². The molecule has 2 aromatic rings. The topological polar surface area (TPSA) is 93.6 Å². The molecule has 44 heavy (non-hydrogen) atoms. The Bertz CT molecular complexity index is 1790. The van der Waals surface area contributed by atoms with E-state index in [0.29, 0.717) is 11.1 Å². The zero-order chi connectivity index (χ0) is 33.0. The number of hydrogen-bond acceptors (Lipinski definition) is 5. The monoisotopic (exact) mass is 622 g/mol. The van der Waals surface area contributed by atoms with Crippen LogP contribution in [0.2, 0.25) is 13.1 Å². The number of carboxylic acids is 1. The Balaban J connectivity index is 2.22. The number of allylic oxidation sites excluding steroid dienone is 5. The first-order chi connectivity index (χ1) is 20.3. The summed E-state index contributed by atoms with van der Waals surface area (Å²) in [5, 5.41) is 21.7. The zero-order valence-electron chi connectivity index (χ0n) is 26.2. The number of fused-ring (bicyclic) bond motifs is 2. The molecule has 0 saturated carbocycles. The molecule has 2 aromatic carbocycles. The second-order valence-corrected chi connectivity index (χ2v) is 17.1. The van der Waals surface area contributed by atoms with Crippen LogP contribution in [-0.4, -0.2) is 69.2 Å². The predicted molar refractivity (Wildman–Crippen MR) is 166 cm³/mol. The third kappa shape index (κ3) is 5.39. The van der Waals surface area contributed by atoms with E-state index in [4.69, 9.17) is 4.74 Å². The number of rotatable bonds is 5. The van der Waals surface area contributed by atoms with Gasteiger partial charge in [-0.3, -0.25) is 4.79 Å². The molecule has 1 unspecified atom stereocenters. The van der Waals surface area contributed by atoms with Crippen LogP contribution < -0.4 is 10.1 Å². The molecule has 0 radical (unpaired) electrons. The van der Waals surface area contributed by atoms with Crippen molar-refractivity contribution in [2.24, 2.45) is 0 Å². The van der Waals surface area contributed by atoms with Crippen molar-refractivity contribution in [1.29, 1.82) is 5.26 Å². The molecule has 1 aliphatic heterocycles. The summed E-state index contributed by atoms with van der Waals surface area (Å²) in [6.45, 7) is 8.74. The Labute approximate surface area is 255 Å². The van der Waals surface area contributed by atoms with Crippen LogP contribution in [0.1, 0.15) is 53.7 Å². The normalized spacial score (nSPS) is 16.0. The summed E-state index contributed by atoms with van der Waals surface area (Å²) in [7, 11) is 4.89. The number of nitriles is 1. The lowest BCUT2D eigenvalue weighted by atomic mass is 9.83. The second-order valence-electron chi connectivity index (χ2n) is 12.8. The molecular formula is C33H35F3N3O4Si+. The Kier molecular flexibility index (Phi) is 8.30. The second kappa shape index (κ2) is 11.2. The quantitative estimate of drug-likeness (QED) is 0.211. The highest BCUT2D eigenvalue weighted by molar-refractivity contribution is 6.98. The van der Waals surface area contributed by atoms with Gasteiger partial charge in [-0.2, -0.15) is 5.26 Å². The fraction of sp³-hybridized carbons (Fsp3) is 0.333. The van der Waals surface area contributed by atoms with Crippen LogP contribution in [0, 0.1) is 28.8 Å². The van der Waals surface area contributed by atoms with Gasteiger partial charge >= 0.3 is 11.9 Å². The van der Waals surface area contributed by atoms with Gasteiger partial charge in [-0.25, -0.2) is 22.5 Å². The molecule has 4 rings (SSSR count). The van der Waals surface area contributed by atoms with E-state index in [1.165, 1.54) is 26.8 Å². The molecule has 0 amide bonds. The number of ether oxygens (including phenoxy) is 1. The number of carbonyl (C=O) groups is 2. The average molecular weight is 623 g/mol. The van der Waals surface area contributed by atoms with Crippen molar-refractivity contribution in [1.82, 2.24) is 0 Å². The number of hydrogen-bond donors (Lipinski definition) is 1. The number of nitrogens with zero attached hydrogens (tertiary/aromatic N) is 3. The molecule has 11 heteroatoms. The highest BCUT2D eigenvalue weighted by Gasteiger charge is 2.44. The van der Waals surface area contributed by atoms with Gasteiger partial charge in [0, 0.05) is 37.5 Å². The molecule has 1 aliphatic carbocycles. The summed E-state index contributed by atoms with van der Waals surface area (Å²) in [5.41, 5.74) is -1.65. The summed E-state index contributed by atoms with van der Waals surface area (Å²) in [4.78, 5) is 27.4. The maximum absolute atomic E-state index is 16.9. The van der Waals surface area contributed by atoms with E-state index in [1.807, 2.05) is 49.8 Å². The van der Waals surface area contributed by atoms with Gasteiger partial charge in [0.05, 0.1) is 11.6 Å². The smallest absolute Gasteiger partial charge is 0.339 e. The van der Waals surface area contributed by atoms with Crippen molar-refractivity contribution < 1.29 is 37.2 Å². The lowest BCUT2D eigenvalue weighted by Gasteiger charge is -2.38. The molecule has 0 saturated heterocycles. The van der Waals surface area contributed by atoms with Gasteiger partial charge in [-0.1, -0.05) is 19.2 Å². The Morgan fingerprint density at radius 1 is 1.07 bits per heavy atom. The number of benzene rings is 2. The fourth-order valence-electron chi connectivity index (χ4n) is 5.61. The fourth-order valence-corrected chi connectivity index (χ4v) is 8.68. The van der Waals surface area contributed by atoms with Crippen molar-refractivity contribution in [3.05, 3.63) is 86.9 Å². The zero-order valence-corrected chi connectivity index (χ0v) is 27.2. The SMILES string of the molecule is CN(C)c1ccc2c(c1)[Si](C)(C)C1=CC(=[N+](C)C)C=CC1=C2c1c(F)c(C(C#N)C(=O)OC(C)(C)C)c(F)c(F)c1C(=O)O. The minimum absolute atomic E-state index is 0.0355. The molecule has 230 valence electrons. The van der Waals surface area contributed by atoms with E-state index in [1.54, 1.807) is 24.3 Å². The van der Waals surface area contributed by atoms with Gasteiger partial charge in [-0.05, 0) is 66.1 Å². The van der Waals surface area contributed by atoms with Gasteiger partial charge in [-0.15, -0.1) is 0 Å². The summed E-state index contributed by atoms with van der Waals surface area (Å²) in [6.07, 6.45) is 5.45. The summed E-state index contributed by atoms with van der Waals surface area (Å²) >= 11 is 0. The van der Waals surface area contributed by atoms with Crippen molar-refractivity contribution >= 4 is 42.2 Å². The molecule has 1 atom stereocenters. The Morgan fingerprint density at radius 2 is 1.70 bits per heavy atom. The third-order valence-corrected chi connectivity index (χ3v) is 11.3. The molecule has 0 fully saturated rings. The first-order valence-electron chi connectivity index (χ1n) is 13.9. The standard InChI is InChI=1S/C33H34F3N3O4Si/c1-33(2,3)43-32(42)21(16-37)25-28(34)26(27(31(40)41)30(36)29(25)35)24-19-12-10-17(38(4)5)14-22(19)44(8,9)23-15-18(39(6)7)11-13-20(23)24/h10-15,21H,1-9H3/p+1. The van der Waals surface area contributed by atoms with Crippen LogP contribution in [0.4, 0.5) is 18.9 Å². The maximum atomic E-state index is 16.9. The first-order valence-corrected chi connectivity index (χ1v) is 16.9. The van der Waals surface area contributed by atoms with Crippen molar-refractivity contribution in [3.8, 4) is 6.07 Å². The number of halogens is 3. The van der Waals surface area contributed by atoms with Crippen molar-refractivity contribution in [3.63, 3.8) is 0 Å². The molecule has 7 nitrogen and oxygen atoms in total. The molecule has 1 heterocycles. The number of carbonyl (C=O) groups excluding carboxylic acids is 1. The number of aromatic carboxylic acids is 1. The van der Waals surface area contributed by atoms with E-state index in [2.05, 4.69) is 13.1 Å². The maximum Gasteiger partial charge on any atom is 0.339 e. The highest BCUT2D eigenvalue weighted by Crippen LogP contribution is 2.45. The van der Waals surface area contributed by atoms with Gasteiger partial charge in [0.25, 0.3) is 0 Å². The summed E-state index contributed by atoms with van der Waals surface area (Å²) in [5.74, 6) is -10.7. The minimum atomic E-state index is -2.57. The summed E-state index contributed by atoms with van der Waals surface area (Å²) in [6, 6.07) is 6.99. The number of carboxylic acid groups (broad SMARTS) is 1. The Morgan fingerprint density at radius 3 is 2.23 bits per heavy atom. The molecular weight excluding hydrogens is 587 g/mol. The van der Waals surface area contributed by atoms with E-state index in [-0.39, 0.29) is 5.57 Å². The van der Waals surface area contributed by atoms with Crippen LogP contribution in [0.15, 0.2) is 47.2 Å². The van der Waals surface area contributed by atoms with Crippen molar-refractivity contribution in [2.75, 3.05) is 33.1 Å². The van der Waals surface area contributed by atoms with Gasteiger partial charge in [0.15, 0.2) is 23.3 Å². The van der Waals surface area contributed by atoms with E-state index in [0.717, 1.165) is 21.8 Å². The average Bonchev–Trinajstić information content (AvgIpc) is 2.92. The molecule has 0 bridgehead atoms. The molecule has 2 aliphatic rings. The van der Waals surface area contributed by atoms with Crippen LogP contribution >= 0.6 is 0 Å². The molecule has 0 spiro atoms. The number of esters is 1. The van der Waals surface area contributed by atoms with Crippen LogP contribution in [0.3, 0.4) is 0 Å². The number of anilines is 1. The summed E-state index contributed by atoms with van der Waals surface area (Å²) < 4.78 is 55.5. The minimum Gasteiger partial charge on any atom is -0.478 e. The lowest BCUT2D eigenvalue weighted by Crippen LogP contribution is -2.50. The van der Waals surface area contributed by atoms with Crippen LogP contribution in [0.25, 0.3) is 5.57 Å². The predicted octanol–water partition coefficient (Wildman–Crippen LogP) is 5.30. The third-order valence-electron chi connectivity index (χ3n) is 7.80. The van der Waals surface area contributed by atoms with Gasteiger partial charge in [0.1, 0.15) is 39.2 Å². The molecule has 0 aromatic heterocycles. The van der Waals surface area contributed by atoms with E-state index >= 15 is 13.2 Å². The van der Waals surface area contributed by atoms with Gasteiger partial charge < -0.3 is 14.7 Å².